The second-order valence-electron chi connectivity index (χ2n) is 3.04. The maximum atomic E-state index is 12.4. The molecule has 2 aromatic rings. The molecule has 0 unspecified atom stereocenters. The average Bonchev–Trinajstić information content (AvgIpc) is 2.70. The van der Waals surface area contributed by atoms with Crippen molar-refractivity contribution in [1.82, 2.24) is 15.2 Å². The van der Waals surface area contributed by atoms with Gasteiger partial charge in [-0.3, -0.25) is 4.98 Å². The molecule has 2 aromatic heterocycles. The fourth-order valence-corrected chi connectivity index (χ4v) is 1.72. The first-order valence-corrected chi connectivity index (χ1v) is 5.21. The van der Waals surface area contributed by atoms with Gasteiger partial charge in [-0.25, -0.2) is 0 Å². The van der Waals surface area contributed by atoms with Crippen molar-refractivity contribution in [2.24, 2.45) is 0 Å². The third-order valence-electron chi connectivity index (χ3n) is 1.88. The van der Waals surface area contributed by atoms with Crippen molar-refractivity contribution in [2.75, 3.05) is 0 Å². The molecule has 0 aromatic carbocycles. The molecule has 0 aliphatic carbocycles. The van der Waals surface area contributed by atoms with Crippen LogP contribution in [0.5, 0.6) is 0 Å². The van der Waals surface area contributed by atoms with Crippen LogP contribution in [0.4, 0.5) is 13.2 Å². The summed E-state index contributed by atoms with van der Waals surface area (Å²) in [6, 6.07) is 1.98. The van der Waals surface area contributed by atoms with Crippen LogP contribution in [0.3, 0.4) is 0 Å². The van der Waals surface area contributed by atoms with Crippen LogP contribution in [0.15, 0.2) is 23.8 Å². The Morgan fingerprint density at radius 2 is 2.12 bits per heavy atom. The van der Waals surface area contributed by atoms with Gasteiger partial charge in [0, 0.05) is 18.3 Å². The van der Waals surface area contributed by atoms with E-state index < -0.39 is 11.7 Å². The summed E-state index contributed by atoms with van der Waals surface area (Å²) in [5.41, 5.74) is 1.18. The Labute approximate surface area is 93.0 Å². The number of pyridine rings is 1. The molecular formula is C9H6F3N3S. The highest BCUT2D eigenvalue weighted by molar-refractivity contribution is 7.09. The van der Waals surface area contributed by atoms with Gasteiger partial charge in [-0.2, -0.15) is 13.2 Å². The number of rotatable bonds is 2. The summed E-state index contributed by atoms with van der Waals surface area (Å²) in [6.07, 6.45) is -2.91. The lowest BCUT2D eigenvalue weighted by molar-refractivity contribution is -0.137. The lowest BCUT2D eigenvalue weighted by atomic mass is 10.2. The molecule has 16 heavy (non-hydrogen) atoms. The molecule has 0 saturated heterocycles. The third kappa shape index (κ3) is 2.54. The highest BCUT2D eigenvalue weighted by Crippen LogP contribution is 2.29. The minimum absolute atomic E-state index is 0.272. The van der Waals surface area contributed by atoms with Crippen LogP contribution in [0.2, 0.25) is 0 Å². The summed E-state index contributed by atoms with van der Waals surface area (Å²) in [7, 11) is 0. The minimum Gasteiger partial charge on any atom is -0.261 e. The van der Waals surface area contributed by atoms with Crippen molar-refractivity contribution in [2.45, 2.75) is 12.6 Å². The number of aromatic nitrogens is 3. The van der Waals surface area contributed by atoms with Gasteiger partial charge < -0.3 is 0 Å². The Kier molecular flexibility index (Phi) is 2.86. The van der Waals surface area contributed by atoms with E-state index in [1.54, 1.807) is 0 Å². The van der Waals surface area contributed by atoms with Gasteiger partial charge >= 0.3 is 6.18 Å². The zero-order chi connectivity index (χ0) is 11.6. The fraction of sp³-hybridized carbons (Fsp3) is 0.222. The molecule has 0 aliphatic rings. The van der Waals surface area contributed by atoms with E-state index in [1.165, 1.54) is 16.8 Å². The lowest BCUT2D eigenvalue weighted by Crippen LogP contribution is -2.06. The van der Waals surface area contributed by atoms with E-state index in [-0.39, 0.29) is 6.42 Å². The topological polar surface area (TPSA) is 38.7 Å². The lowest BCUT2D eigenvalue weighted by Gasteiger charge is -2.06. The maximum Gasteiger partial charge on any atom is 0.416 e. The molecule has 84 valence electrons. The molecule has 0 radical (unpaired) electrons. The molecule has 0 aliphatic heterocycles. The van der Waals surface area contributed by atoms with E-state index in [0.29, 0.717) is 10.7 Å². The summed E-state index contributed by atoms with van der Waals surface area (Å²) in [4.78, 5) is 3.87. The van der Waals surface area contributed by atoms with Crippen molar-refractivity contribution >= 4 is 11.3 Å². The molecule has 7 heteroatoms. The highest BCUT2D eigenvalue weighted by atomic mass is 32.1. The summed E-state index contributed by atoms with van der Waals surface area (Å²) >= 11 is 1.29. The first-order valence-electron chi connectivity index (χ1n) is 4.33. The standard InChI is InChI=1S/C9H6F3N3S/c10-9(11,12)6-1-2-13-7(3-6)4-8-15-14-5-16-8/h1-3,5H,4H2. The minimum atomic E-state index is -4.33. The molecule has 0 spiro atoms. The zero-order valence-corrected chi connectivity index (χ0v) is 8.72. The van der Waals surface area contributed by atoms with E-state index in [4.69, 9.17) is 0 Å². The Bertz CT molecular complexity index is 467. The molecule has 3 nitrogen and oxygen atoms in total. The Morgan fingerprint density at radius 1 is 1.31 bits per heavy atom. The number of alkyl halides is 3. The molecule has 0 saturated carbocycles. The van der Waals surface area contributed by atoms with Crippen molar-refractivity contribution in [3.05, 3.63) is 40.1 Å². The molecule has 0 atom stereocenters. The molecule has 2 heterocycles. The normalized spacial score (nSPS) is 11.7. The third-order valence-corrected chi connectivity index (χ3v) is 2.58. The van der Waals surface area contributed by atoms with Crippen LogP contribution in [0.1, 0.15) is 16.3 Å². The zero-order valence-electron chi connectivity index (χ0n) is 7.90. The maximum absolute atomic E-state index is 12.4. The first-order chi connectivity index (χ1) is 7.55. The Balaban J connectivity index is 2.23. The first kappa shape index (κ1) is 11.0. The Hall–Kier alpha value is -1.50. The second-order valence-corrected chi connectivity index (χ2v) is 3.96. The van der Waals surface area contributed by atoms with Crippen molar-refractivity contribution in [1.29, 1.82) is 0 Å². The van der Waals surface area contributed by atoms with Crippen molar-refractivity contribution in [3.8, 4) is 0 Å². The van der Waals surface area contributed by atoms with Gasteiger partial charge in [0.15, 0.2) is 0 Å². The summed E-state index contributed by atoms with van der Waals surface area (Å²) in [5, 5.41) is 8.00. The predicted molar refractivity (Wildman–Crippen MR) is 52.0 cm³/mol. The van der Waals surface area contributed by atoms with E-state index in [9.17, 15) is 13.2 Å². The SMILES string of the molecule is FC(F)(F)c1ccnc(Cc2nncs2)c1. The van der Waals surface area contributed by atoms with Crippen LogP contribution in [-0.2, 0) is 12.6 Å². The van der Waals surface area contributed by atoms with Crippen LogP contribution in [0.25, 0.3) is 0 Å². The molecule has 0 amide bonds. The summed E-state index contributed by atoms with van der Waals surface area (Å²) in [5.74, 6) is 0. The van der Waals surface area contributed by atoms with Crippen LogP contribution in [0, 0.1) is 0 Å². The number of hydrogen-bond donors (Lipinski definition) is 0. The van der Waals surface area contributed by atoms with Crippen molar-refractivity contribution < 1.29 is 13.2 Å². The van der Waals surface area contributed by atoms with E-state index in [1.807, 2.05) is 0 Å². The van der Waals surface area contributed by atoms with Gasteiger partial charge in [0.2, 0.25) is 0 Å². The largest absolute Gasteiger partial charge is 0.416 e. The number of hydrogen-bond acceptors (Lipinski definition) is 4. The van der Waals surface area contributed by atoms with Gasteiger partial charge in [-0.15, -0.1) is 21.5 Å². The monoisotopic (exact) mass is 245 g/mol. The molecule has 0 N–H and O–H groups in total. The quantitative estimate of drug-likeness (QED) is 0.816. The second kappa shape index (κ2) is 4.17. The van der Waals surface area contributed by atoms with E-state index in [2.05, 4.69) is 15.2 Å². The molecule has 0 fully saturated rings. The van der Waals surface area contributed by atoms with Gasteiger partial charge in [0.1, 0.15) is 10.5 Å². The van der Waals surface area contributed by atoms with Crippen LogP contribution in [-0.4, -0.2) is 15.2 Å². The average molecular weight is 245 g/mol. The van der Waals surface area contributed by atoms with Crippen LogP contribution >= 0.6 is 11.3 Å². The van der Waals surface area contributed by atoms with E-state index >= 15 is 0 Å². The number of nitrogens with zero attached hydrogens (tertiary/aromatic N) is 3. The smallest absolute Gasteiger partial charge is 0.261 e. The summed E-state index contributed by atoms with van der Waals surface area (Å²) in [6.45, 7) is 0. The van der Waals surface area contributed by atoms with E-state index in [0.717, 1.165) is 18.3 Å². The Morgan fingerprint density at radius 3 is 2.75 bits per heavy atom. The van der Waals surface area contributed by atoms with Crippen molar-refractivity contribution in [3.63, 3.8) is 0 Å². The highest BCUT2D eigenvalue weighted by Gasteiger charge is 2.30. The van der Waals surface area contributed by atoms with Gasteiger partial charge in [0.25, 0.3) is 0 Å². The van der Waals surface area contributed by atoms with Gasteiger partial charge in [-0.05, 0) is 12.1 Å². The number of halogens is 3. The summed E-state index contributed by atoms with van der Waals surface area (Å²) < 4.78 is 37.2. The van der Waals surface area contributed by atoms with Gasteiger partial charge in [0.05, 0.1) is 5.56 Å². The van der Waals surface area contributed by atoms with Crippen LogP contribution < -0.4 is 0 Å². The van der Waals surface area contributed by atoms with Gasteiger partial charge in [-0.1, -0.05) is 0 Å². The fourth-order valence-electron chi connectivity index (χ4n) is 1.18. The molecule has 0 bridgehead atoms. The predicted octanol–water partition coefficient (Wildman–Crippen LogP) is 2.54. The molecule has 2 rings (SSSR count). The molecular weight excluding hydrogens is 239 g/mol.